The van der Waals surface area contributed by atoms with Gasteiger partial charge in [-0.2, -0.15) is 0 Å². The van der Waals surface area contributed by atoms with Crippen LogP contribution in [0.5, 0.6) is 0 Å². The predicted molar refractivity (Wildman–Crippen MR) is 34.0 cm³/mol. The molecule has 54 valence electrons. The first-order valence-corrected chi connectivity index (χ1v) is 3.13. The molecule has 0 bridgehead atoms. The summed E-state index contributed by atoms with van der Waals surface area (Å²) in [6, 6.07) is 0. The van der Waals surface area contributed by atoms with Gasteiger partial charge in [0.05, 0.1) is 12.2 Å². The van der Waals surface area contributed by atoms with Gasteiger partial charge in [-0.3, -0.25) is 0 Å². The van der Waals surface area contributed by atoms with E-state index in [9.17, 15) is 0 Å². The van der Waals surface area contributed by atoms with Crippen LogP contribution in [0.2, 0.25) is 0 Å². The zero-order valence-corrected chi connectivity index (χ0v) is 5.89. The van der Waals surface area contributed by atoms with Gasteiger partial charge in [0.2, 0.25) is 0 Å². The fraction of sp³-hybridized carbons (Fsp3) is 1.00. The third kappa shape index (κ3) is 1.64. The maximum atomic E-state index is 5.35. The van der Waals surface area contributed by atoms with E-state index in [0.29, 0.717) is 13.2 Å². The van der Waals surface area contributed by atoms with Gasteiger partial charge < -0.3 is 15.2 Å². The van der Waals surface area contributed by atoms with Gasteiger partial charge >= 0.3 is 0 Å². The Morgan fingerprint density at radius 2 is 2.33 bits per heavy atom. The van der Waals surface area contributed by atoms with Gasteiger partial charge in [-0.25, -0.2) is 0 Å². The van der Waals surface area contributed by atoms with Crippen LogP contribution in [-0.2, 0) is 9.47 Å². The van der Waals surface area contributed by atoms with Crippen molar-refractivity contribution in [2.75, 3.05) is 13.2 Å². The normalized spacial score (nSPS) is 33.0. The largest absolute Gasteiger partial charge is 0.348 e. The number of rotatable bonds is 1. The smallest absolute Gasteiger partial charge is 0.170 e. The highest BCUT2D eigenvalue weighted by Gasteiger charge is 2.31. The van der Waals surface area contributed by atoms with Crippen LogP contribution in [0.15, 0.2) is 0 Å². The second-order valence-electron chi connectivity index (χ2n) is 2.85. The minimum Gasteiger partial charge on any atom is -0.348 e. The van der Waals surface area contributed by atoms with E-state index in [1.807, 2.05) is 13.8 Å². The molecule has 1 saturated heterocycles. The molecule has 0 spiro atoms. The van der Waals surface area contributed by atoms with Crippen LogP contribution in [-0.4, -0.2) is 25.0 Å². The summed E-state index contributed by atoms with van der Waals surface area (Å²) in [5, 5.41) is 0. The van der Waals surface area contributed by atoms with Gasteiger partial charge in [-0.1, -0.05) is 0 Å². The Morgan fingerprint density at radius 1 is 1.67 bits per heavy atom. The summed E-state index contributed by atoms with van der Waals surface area (Å²) in [5.74, 6) is 0. The lowest BCUT2D eigenvalue weighted by molar-refractivity contribution is -0.0706. The standard InChI is InChI=1S/C6H13NO2/c1-6(2)4-8-5(3-7)9-6/h5H,3-4,7H2,1-2H3. The molecule has 1 unspecified atom stereocenters. The summed E-state index contributed by atoms with van der Waals surface area (Å²) in [6.45, 7) is 5.07. The summed E-state index contributed by atoms with van der Waals surface area (Å²) >= 11 is 0. The monoisotopic (exact) mass is 131 g/mol. The molecule has 2 N–H and O–H groups in total. The van der Waals surface area contributed by atoms with Crippen LogP contribution in [0.4, 0.5) is 0 Å². The molecule has 1 fully saturated rings. The maximum absolute atomic E-state index is 5.35. The molecular formula is C6H13NO2. The van der Waals surface area contributed by atoms with Crippen molar-refractivity contribution >= 4 is 0 Å². The molecule has 9 heavy (non-hydrogen) atoms. The molecular weight excluding hydrogens is 118 g/mol. The average molecular weight is 131 g/mol. The highest BCUT2D eigenvalue weighted by molar-refractivity contribution is 4.74. The molecule has 1 aliphatic rings. The Morgan fingerprint density at radius 3 is 2.56 bits per heavy atom. The molecule has 0 aromatic carbocycles. The molecule has 1 rings (SSSR count). The second kappa shape index (κ2) is 2.25. The number of hydrogen-bond donors (Lipinski definition) is 1. The van der Waals surface area contributed by atoms with E-state index in [4.69, 9.17) is 15.2 Å². The topological polar surface area (TPSA) is 44.5 Å². The third-order valence-electron chi connectivity index (χ3n) is 1.26. The zero-order chi connectivity index (χ0) is 6.91. The van der Waals surface area contributed by atoms with Crippen molar-refractivity contribution in [2.24, 2.45) is 5.73 Å². The first-order valence-electron chi connectivity index (χ1n) is 3.13. The summed E-state index contributed by atoms with van der Waals surface area (Å²) in [6.07, 6.45) is -0.181. The first kappa shape index (κ1) is 6.99. The van der Waals surface area contributed by atoms with Crippen molar-refractivity contribution in [3.05, 3.63) is 0 Å². The van der Waals surface area contributed by atoms with Crippen molar-refractivity contribution in [1.29, 1.82) is 0 Å². The van der Waals surface area contributed by atoms with E-state index in [0.717, 1.165) is 0 Å². The van der Waals surface area contributed by atoms with Crippen molar-refractivity contribution < 1.29 is 9.47 Å². The summed E-state index contributed by atoms with van der Waals surface area (Å²) in [7, 11) is 0. The van der Waals surface area contributed by atoms with Crippen LogP contribution >= 0.6 is 0 Å². The van der Waals surface area contributed by atoms with Gasteiger partial charge in [0.15, 0.2) is 6.29 Å². The highest BCUT2D eigenvalue weighted by Crippen LogP contribution is 2.20. The van der Waals surface area contributed by atoms with Gasteiger partial charge in [0.25, 0.3) is 0 Å². The molecule has 0 aliphatic carbocycles. The minimum atomic E-state index is -0.181. The lowest BCUT2D eigenvalue weighted by Gasteiger charge is -2.14. The first-order chi connectivity index (χ1) is 4.14. The van der Waals surface area contributed by atoms with E-state index in [2.05, 4.69) is 0 Å². The molecule has 1 atom stereocenters. The number of hydrogen-bond acceptors (Lipinski definition) is 3. The quantitative estimate of drug-likeness (QED) is 0.548. The predicted octanol–water partition coefficient (Wildman–Crippen LogP) is 0.0966. The maximum Gasteiger partial charge on any atom is 0.170 e. The Kier molecular flexibility index (Phi) is 1.75. The van der Waals surface area contributed by atoms with Crippen LogP contribution in [0.25, 0.3) is 0 Å². The molecule has 1 aliphatic heterocycles. The highest BCUT2D eigenvalue weighted by atomic mass is 16.7. The van der Waals surface area contributed by atoms with E-state index < -0.39 is 0 Å². The third-order valence-corrected chi connectivity index (χ3v) is 1.26. The van der Waals surface area contributed by atoms with Crippen LogP contribution in [0.3, 0.4) is 0 Å². The van der Waals surface area contributed by atoms with Crippen LogP contribution in [0.1, 0.15) is 13.8 Å². The van der Waals surface area contributed by atoms with E-state index >= 15 is 0 Å². The lowest BCUT2D eigenvalue weighted by atomic mass is 10.2. The molecule has 0 radical (unpaired) electrons. The minimum absolute atomic E-state index is 0.135. The zero-order valence-electron chi connectivity index (χ0n) is 5.89. The van der Waals surface area contributed by atoms with Gasteiger partial charge in [-0.15, -0.1) is 0 Å². The molecule has 3 heteroatoms. The summed E-state index contributed by atoms with van der Waals surface area (Å²) < 4.78 is 10.5. The number of nitrogens with two attached hydrogens (primary N) is 1. The van der Waals surface area contributed by atoms with Gasteiger partial charge in [-0.05, 0) is 13.8 Å². The summed E-state index contributed by atoms with van der Waals surface area (Å²) in [5.41, 5.74) is 5.17. The van der Waals surface area contributed by atoms with Gasteiger partial charge in [0.1, 0.15) is 0 Å². The average Bonchev–Trinajstić information content (AvgIpc) is 2.10. The molecule has 0 amide bonds. The SMILES string of the molecule is CC1(C)COC(CN)O1. The summed E-state index contributed by atoms with van der Waals surface area (Å²) in [4.78, 5) is 0. The van der Waals surface area contributed by atoms with Crippen molar-refractivity contribution in [1.82, 2.24) is 0 Å². The molecule has 3 nitrogen and oxygen atoms in total. The van der Waals surface area contributed by atoms with Crippen molar-refractivity contribution in [3.63, 3.8) is 0 Å². The van der Waals surface area contributed by atoms with E-state index in [1.54, 1.807) is 0 Å². The molecule has 0 saturated carbocycles. The van der Waals surface area contributed by atoms with Crippen molar-refractivity contribution in [2.45, 2.75) is 25.7 Å². The second-order valence-corrected chi connectivity index (χ2v) is 2.85. The molecule has 1 heterocycles. The Hall–Kier alpha value is -0.120. The fourth-order valence-electron chi connectivity index (χ4n) is 0.834. The molecule has 0 aromatic heterocycles. The number of ether oxygens (including phenoxy) is 2. The van der Waals surface area contributed by atoms with Crippen LogP contribution < -0.4 is 5.73 Å². The molecule has 0 aromatic rings. The van der Waals surface area contributed by atoms with E-state index in [-0.39, 0.29) is 11.9 Å². The van der Waals surface area contributed by atoms with Crippen molar-refractivity contribution in [3.8, 4) is 0 Å². The van der Waals surface area contributed by atoms with E-state index in [1.165, 1.54) is 0 Å². The fourth-order valence-corrected chi connectivity index (χ4v) is 0.834. The Balaban J connectivity index is 2.38. The Bertz CT molecular complexity index is 103. The van der Waals surface area contributed by atoms with Crippen LogP contribution in [0, 0.1) is 0 Å². The lowest BCUT2D eigenvalue weighted by Crippen LogP contribution is -2.26. The van der Waals surface area contributed by atoms with Gasteiger partial charge in [0, 0.05) is 6.54 Å². The Labute approximate surface area is 55.1 Å².